The molecular weight excluding hydrogens is 445 g/mol. The van der Waals surface area contributed by atoms with Gasteiger partial charge < -0.3 is 15.0 Å². The minimum Gasteiger partial charge on any atom is -0.490 e. The summed E-state index contributed by atoms with van der Waals surface area (Å²) in [6, 6.07) is 3.30. The van der Waals surface area contributed by atoms with Gasteiger partial charge in [-0.15, -0.1) is 12.4 Å². The Hall–Kier alpha value is -2.38. The number of fused-ring (bicyclic) bond motifs is 3. The first kappa shape index (κ1) is 21.8. The first-order chi connectivity index (χ1) is 14.6. The predicted octanol–water partition coefficient (Wildman–Crippen LogP) is 4.76. The zero-order valence-corrected chi connectivity index (χ0v) is 18.2. The Morgan fingerprint density at radius 2 is 1.81 bits per heavy atom. The van der Waals surface area contributed by atoms with E-state index in [-0.39, 0.29) is 30.2 Å². The number of H-pyrrole nitrogens is 1. The van der Waals surface area contributed by atoms with Crippen molar-refractivity contribution in [3.63, 3.8) is 0 Å². The van der Waals surface area contributed by atoms with Crippen molar-refractivity contribution >= 4 is 41.5 Å². The third-order valence-corrected chi connectivity index (χ3v) is 6.30. The minimum absolute atomic E-state index is 0. The quantitative estimate of drug-likeness (QED) is 0.684. The number of nitrogens with zero attached hydrogens (tertiary/aromatic N) is 2. The molecule has 0 spiro atoms. The van der Waals surface area contributed by atoms with E-state index < -0.39 is 11.6 Å². The van der Waals surface area contributed by atoms with Crippen LogP contribution in [0.1, 0.15) is 31.2 Å². The number of aromatic amines is 1. The largest absolute Gasteiger partial charge is 0.490 e. The van der Waals surface area contributed by atoms with E-state index in [0.717, 1.165) is 64.3 Å². The molecule has 0 saturated heterocycles. The lowest BCUT2D eigenvalue weighted by molar-refractivity contribution is 0.142. The van der Waals surface area contributed by atoms with Crippen LogP contribution < -0.4 is 20.8 Å². The highest BCUT2D eigenvalue weighted by Gasteiger charge is 2.29. The fraction of sp³-hybridized carbons (Fsp3) is 0.364. The summed E-state index contributed by atoms with van der Waals surface area (Å²) < 4.78 is 32.7. The Kier molecular flexibility index (Phi) is 6.34. The van der Waals surface area contributed by atoms with Gasteiger partial charge in [-0.1, -0.05) is 11.6 Å². The molecule has 1 aromatic carbocycles. The summed E-state index contributed by atoms with van der Waals surface area (Å²) in [6.07, 6.45) is 7.01. The van der Waals surface area contributed by atoms with Crippen LogP contribution in [0.2, 0.25) is 0 Å². The fourth-order valence-electron chi connectivity index (χ4n) is 4.57. The molecule has 3 heterocycles. The number of benzene rings is 1. The average molecular weight is 467 g/mol. The number of nitrogens with one attached hydrogen (secondary N) is 2. The second kappa shape index (κ2) is 9.01. The normalized spacial score (nSPS) is 22.2. The standard InChI is InChI=1S/C22H21ClF2N4O.ClH/c23-18-5-6-26-21-17-10-27-28-11-19(17)29-22(21)20(18)12-1-3-15(4-2-12)30-16-8-13(24)7-14(25)9-16;/h5,7-9,11-12,15,26,29H,1-4,6,10H2;1H/t12-,15-;. The van der Waals surface area contributed by atoms with Crippen LogP contribution >= 0.6 is 24.0 Å². The molecule has 0 unspecified atom stereocenters. The molecule has 0 amide bonds. The smallest absolute Gasteiger partial charge is 0.129 e. The highest BCUT2D eigenvalue weighted by atomic mass is 35.5. The maximum atomic E-state index is 13.4. The highest BCUT2D eigenvalue weighted by molar-refractivity contribution is 6.36. The van der Waals surface area contributed by atoms with Crippen LogP contribution in [0, 0.1) is 17.6 Å². The lowest BCUT2D eigenvalue weighted by Gasteiger charge is -2.30. The SMILES string of the molecule is Cl.Fc1cc(F)cc(O[C@H]2CC[C@H](C3=c4[nH]c5c(c4NCC=C3Cl)CN=NC=5)CC2)c1. The lowest BCUT2D eigenvalue weighted by Crippen LogP contribution is -2.27. The molecule has 2 aromatic rings. The van der Waals surface area contributed by atoms with Gasteiger partial charge in [-0.3, -0.25) is 0 Å². The van der Waals surface area contributed by atoms with Crippen molar-refractivity contribution in [2.24, 2.45) is 16.1 Å². The van der Waals surface area contributed by atoms with Crippen LogP contribution in [0.4, 0.5) is 14.5 Å². The number of allylic oxidation sites excluding steroid dienone is 1. The number of halogens is 4. The molecule has 0 atom stereocenters. The van der Waals surface area contributed by atoms with E-state index in [1.807, 2.05) is 6.08 Å². The Balaban J connectivity index is 0.00000231. The van der Waals surface area contributed by atoms with E-state index in [1.54, 1.807) is 6.20 Å². The molecule has 0 bridgehead atoms. The molecule has 5 rings (SSSR count). The van der Waals surface area contributed by atoms with Gasteiger partial charge in [0, 0.05) is 35.3 Å². The molecule has 2 N–H and O–H groups in total. The van der Waals surface area contributed by atoms with Gasteiger partial charge in [-0.2, -0.15) is 10.2 Å². The summed E-state index contributed by atoms with van der Waals surface area (Å²) in [6.45, 7) is 1.20. The lowest BCUT2D eigenvalue weighted by atomic mass is 9.81. The van der Waals surface area contributed by atoms with Gasteiger partial charge in [0.2, 0.25) is 0 Å². The van der Waals surface area contributed by atoms with Crippen molar-refractivity contribution in [3.05, 3.63) is 57.2 Å². The van der Waals surface area contributed by atoms with Crippen molar-refractivity contribution in [2.45, 2.75) is 38.3 Å². The third-order valence-electron chi connectivity index (χ3n) is 5.94. The zero-order chi connectivity index (χ0) is 20.7. The summed E-state index contributed by atoms with van der Waals surface area (Å²) in [5.74, 6) is -0.751. The topological polar surface area (TPSA) is 61.8 Å². The minimum atomic E-state index is -0.629. The number of azo groups is 1. The Labute approximate surface area is 189 Å². The number of ether oxygens (including phenoxy) is 1. The highest BCUT2D eigenvalue weighted by Crippen LogP contribution is 2.37. The summed E-state index contributed by atoms with van der Waals surface area (Å²) in [7, 11) is 0. The van der Waals surface area contributed by atoms with Crippen molar-refractivity contribution in [1.29, 1.82) is 0 Å². The van der Waals surface area contributed by atoms with Crippen LogP contribution in [0.15, 0.2) is 39.5 Å². The Morgan fingerprint density at radius 1 is 1.06 bits per heavy atom. The fourth-order valence-corrected chi connectivity index (χ4v) is 4.90. The van der Waals surface area contributed by atoms with Crippen LogP contribution in [-0.2, 0) is 6.54 Å². The summed E-state index contributed by atoms with van der Waals surface area (Å²) >= 11 is 6.71. The van der Waals surface area contributed by atoms with Crippen molar-refractivity contribution in [1.82, 2.24) is 4.98 Å². The van der Waals surface area contributed by atoms with Gasteiger partial charge in [0.1, 0.15) is 17.4 Å². The molecule has 1 saturated carbocycles. The van der Waals surface area contributed by atoms with Crippen LogP contribution in [0.5, 0.6) is 5.75 Å². The molecule has 2 aliphatic heterocycles. The van der Waals surface area contributed by atoms with Crippen molar-refractivity contribution < 1.29 is 13.5 Å². The van der Waals surface area contributed by atoms with Crippen molar-refractivity contribution in [2.75, 3.05) is 11.9 Å². The van der Waals surface area contributed by atoms with Gasteiger partial charge in [0.05, 0.1) is 35.2 Å². The van der Waals surface area contributed by atoms with E-state index in [9.17, 15) is 8.78 Å². The summed E-state index contributed by atoms with van der Waals surface area (Å²) in [5.41, 5.74) is 3.27. The number of hydrogen-bond acceptors (Lipinski definition) is 4. The predicted molar refractivity (Wildman–Crippen MR) is 119 cm³/mol. The molecule has 164 valence electrons. The third kappa shape index (κ3) is 4.34. The summed E-state index contributed by atoms with van der Waals surface area (Å²) in [5, 5.41) is 14.3. The zero-order valence-electron chi connectivity index (χ0n) is 16.6. The van der Waals surface area contributed by atoms with Crippen LogP contribution in [0.3, 0.4) is 0 Å². The monoisotopic (exact) mass is 466 g/mol. The van der Waals surface area contributed by atoms with Gasteiger partial charge in [-0.25, -0.2) is 8.78 Å². The number of rotatable bonds is 3. The average Bonchev–Trinajstić information content (AvgIpc) is 2.98. The maximum Gasteiger partial charge on any atom is 0.129 e. The second-order valence-corrected chi connectivity index (χ2v) is 8.26. The molecule has 0 radical (unpaired) electrons. The van der Waals surface area contributed by atoms with E-state index in [2.05, 4.69) is 20.5 Å². The van der Waals surface area contributed by atoms with Gasteiger partial charge in [0.15, 0.2) is 0 Å². The molecule has 1 fully saturated rings. The van der Waals surface area contributed by atoms with Crippen LogP contribution in [0.25, 0.3) is 11.8 Å². The van der Waals surface area contributed by atoms with E-state index >= 15 is 0 Å². The second-order valence-electron chi connectivity index (χ2n) is 7.85. The first-order valence-electron chi connectivity index (χ1n) is 10.1. The van der Waals surface area contributed by atoms with Crippen molar-refractivity contribution in [3.8, 4) is 5.75 Å². The molecule has 3 aliphatic rings. The molecule has 5 nitrogen and oxygen atoms in total. The van der Waals surface area contributed by atoms with Gasteiger partial charge in [0.25, 0.3) is 0 Å². The number of aromatic nitrogens is 1. The summed E-state index contributed by atoms with van der Waals surface area (Å²) in [4.78, 5) is 3.49. The van der Waals surface area contributed by atoms with E-state index in [4.69, 9.17) is 16.3 Å². The van der Waals surface area contributed by atoms with Gasteiger partial charge in [-0.05, 0) is 43.3 Å². The maximum absolute atomic E-state index is 13.4. The molecule has 1 aromatic heterocycles. The first-order valence-corrected chi connectivity index (χ1v) is 10.5. The molecule has 31 heavy (non-hydrogen) atoms. The molecular formula is C22H22Cl2F2N4O. The number of anilines is 1. The Bertz CT molecular complexity index is 1150. The van der Waals surface area contributed by atoms with E-state index in [0.29, 0.717) is 13.1 Å². The number of hydrogen-bond donors (Lipinski definition) is 2. The van der Waals surface area contributed by atoms with Gasteiger partial charge >= 0.3 is 0 Å². The molecule has 1 aliphatic carbocycles. The van der Waals surface area contributed by atoms with Crippen LogP contribution in [-0.4, -0.2) is 17.6 Å². The molecule has 9 heteroatoms. The van der Waals surface area contributed by atoms with E-state index in [1.165, 1.54) is 12.1 Å². The Morgan fingerprint density at radius 3 is 2.55 bits per heavy atom.